The van der Waals surface area contributed by atoms with E-state index in [9.17, 15) is 0 Å². The maximum atomic E-state index is 2.77. The van der Waals surface area contributed by atoms with Crippen LogP contribution in [0.4, 0.5) is 0 Å². The van der Waals surface area contributed by atoms with Crippen molar-refractivity contribution in [3.63, 3.8) is 0 Å². The summed E-state index contributed by atoms with van der Waals surface area (Å²) < 4.78 is 8.04. The molecular weight excluding hydrogens is 546 g/mol. The molecule has 3 unspecified atom stereocenters. The molecule has 3 aromatic heterocycles. The van der Waals surface area contributed by atoms with Crippen molar-refractivity contribution in [3.05, 3.63) is 138 Å². The van der Waals surface area contributed by atoms with E-state index in [1.54, 1.807) is 11.1 Å². The Balaban J connectivity index is 1.43. The zero-order valence-corrected chi connectivity index (χ0v) is 24.9. The molecule has 0 N–H and O–H groups in total. The average molecular weight is 577 g/mol. The second-order valence-corrected chi connectivity index (χ2v) is 13.8. The third-order valence-electron chi connectivity index (χ3n) is 12.1. The Hall–Kier alpha value is -5.15. The summed E-state index contributed by atoms with van der Waals surface area (Å²) in [5, 5.41) is 5.42. The van der Waals surface area contributed by atoms with Crippen molar-refractivity contribution < 1.29 is 4.57 Å². The van der Waals surface area contributed by atoms with Gasteiger partial charge in [-0.25, -0.2) is 4.57 Å². The van der Waals surface area contributed by atoms with E-state index >= 15 is 0 Å². The van der Waals surface area contributed by atoms with Gasteiger partial charge in [-0.3, -0.25) is 0 Å². The van der Waals surface area contributed by atoms with Crippen LogP contribution >= 0.6 is 0 Å². The fraction of sp³-hybridized carbons (Fsp3) is 0.167. The van der Waals surface area contributed by atoms with Crippen LogP contribution in [0, 0.1) is 11.8 Å². The average Bonchev–Trinajstić information content (AvgIpc) is 3.80. The number of para-hydroxylation sites is 2. The number of hydrogen-bond acceptors (Lipinski definition) is 0. The van der Waals surface area contributed by atoms with Crippen molar-refractivity contribution in [3.8, 4) is 22.5 Å². The van der Waals surface area contributed by atoms with Crippen LogP contribution in [0.3, 0.4) is 0 Å². The summed E-state index contributed by atoms with van der Waals surface area (Å²) >= 11 is 0. The van der Waals surface area contributed by atoms with Crippen molar-refractivity contribution in [1.82, 2.24) is 9.13 Å². The molecule has 2 aliphatic heterocycles. The molecule has 12 rings (SSSR count). The van der Waals surface area contributed by atoms with E-state index in [-0.39, 0.29) is 5.54 Å². The molecule has 3 nitrogen and oxygen atoms in total. The molecule has 0 bridgehead atoms. The summed E-state index contributed by atoms with van der Waals surface area (Å²) in [7, 11) is 0. The highest BCUT2D eigenvalue weighted by molar-refractivity contribution is 6.13. The molecule has 2 aliphatic carbocycles. The second kappa shape index (κ2) is 7.73. The van der Waals surface area contributed by atoms with Gasteiger partial charge in [0.2, 0.25) is 0 Å². The molecule has 0 radical (unpaired) electrons. The second-order valence-electron chi connectivity index (χ2n) is 13.8. The van der Waals surface area contributed by atoms with Crippen molar-refractivity contribution >= 4 is 43.7 Å². The standard InChI is InChI=1S/C42H30N3/c1-2-10-25(11-3-1)28-21-22-36-38-39(28)45-35-18-7-5-14-30(35)32-15-9-23-43(41(32)45)42(38)33-16-8-12-26(33)24-27-19-20-31-29-13-4-6-17-34(29)44(36)40(31)37(27)42/h1-7,9-11,13-15,17-23,26,33H,8,12,16,24H2/q+1. The maximum Gasteiger partial charge on any atom is 0.296 e. The minimum Gasteiger partial charge on any atom is -0.308 e. The Morgan fingerprint density at radius 2 is 1.38 bits per heavy atom. The molecule has 1 spiro atoms. The summed E-state index contributed by atoms with van der Waals surface area (Å²) in [6.07, 6.45) is 7.50. The highest BCUT2D eigenvalue weighted by Gasteiger charge is 2.63. The van der Waals surface area contributed by atoms with Gasteiger partial charge in [-0.2, -0.15) is 4.57 Å². The van der Waals surface area contributed by atoms with Crippen LogP contribution in [-0.2, 0) is 12.0 Å². The first kappa shape index (κ1) is 23.3. The van der Waals surface area contributed by atoms with Crippen LogP contribution in [0.1, 0.15) is 36.0 Å². The minimum atomic E-state index is -0.280. The van der Waals surface area contributed by atoms with Crippen molar-refractivity contribution in [2.45, 2.75) is 31.2 Å². The lowest BCUT2D eigenvalue weighted by Crippen LogP contribution is -2.68. The van der Waals surface area contributed by atoms with Gasteiger partial charge >= 0.3 is 0 Å². The first-order valence-electron chi connectivity index (χ1n) is 16.6. The zero-order chi connectivity index (χ0) is 29.0. The molecule has 212 valence electrons. The van der Waals surface area contributed by atoms with Gasteiger partial charge in [-0.1, -0.05) is 79.2 Å². The van der Waals surface area contributed by atoms with Gasteiger partial charge in [0.15, 0.2) is 11.2 Å². The maximum absolute atomic E-state index is 2.77. The fourth-order valence-electron chi connectivity index (χ4n) is 10.7. The zero-order valence-electron chi connectivity index (χ0n) is 24.9. The normalized spacial score (nSPS) is 22.0. The van der Waals surface area contributed by atoms with Gasteiger partial charge in [-0.15, -0.1) is 0 Å². The minimum absolute atomic E-state index is 0.280. The first-order chi connectivity index (χ1) is 22.4. The Morgan fingerprint density at radius 3 is 2.24 bits per heavy atom. The van der Waals surface area contributed by atoms with Crippen LogP contribution in [0.5, 0.6) is 0 Å². The predicted molar refractivity (Wildman–Crippen MR) is 181 cm³/mol. The molecule has 1 saturated carbocycles. The van der Waals surface area contributed by atoms with Gasteiger partial charge in [-0.05, 0) is 78.8 Å². The largest absolute Gasteiger partial charge is 0.308 e. The Bertz CT molecular complexity index is 2620. The van der Waals surface area contributed by atoms with E-state index < -0.39 is 0 Å². The van der Waals surface area contributed by atoms with Crippen LogP contribution < -0.4 is 4.57 Å². The molecule has 0 saturated heterocycles. The van der Waals surface area contributed by atoms with E-state index in [1.165, 1.54) is 97.5 Å². The molecule has 0 amide bonds. The number of pyridine rings is 1. The van der Waals surface area contributed by atoms with E-state index in [0.29, 0.717) is 11.8 Å². The quantitative estimate of drug-likeness (QED) is 0.173. The van der Waals surface area contributed by atoms with E-state index in [2.05, 4.69) is 135 Å². The summed E-state index contributed by atoms with van der Waals surface area (Å²) in [5.41, 5.74) is 15.0. The van der Waals surface area contributed by atoms with Gasteiger partial charge in [0.25, 0.3) is 5.65 Å². The Kier molecular flexibility index (Phi) is 4.00. The number of nitrogens with zero attached hydrogens (tertiary/aromatic N) is 3. The number of hydrogen-bond donors (Lipinski definition) is 0. The van der Waals surface area contributed by atoms with Crippen LogP contribution in [0.25, 0.3) is 66.2 Å². The summed E-state index contributed by atoms with van der Waals surface area (Å²) in [6, 6.07) is 43.8. The number of rotatable bonds is 1. The molecule has 1 fully saturated rings. The number of fused-ring (bicyclic) bond motifs is 9. The molecule has 3 heteroatoms. The van der Waals surface area contributed by atoms with Crippen LogP contribution in [-0.4, -0.2) is 9.13 Å². The van der Waals surface area contributed by atoms with Crippen LogP contribution in [0.15, 0.2) is 121 Å². The molecule has 5 heterocycles. The highest BCUT2D eigenvalue weighted by atomic mass is 15.2. The molecule has 5 aromatic carbocycles. The third kappa shape index (κ3) is 2.45. The van der Waals surface area contributed by atoms with Crippen LogP contribution in [0.2, 0.25) is 0 Å². The lowest BCUT2D eigenvalue weighted by atomic mass is 9.59. The molecule has 45 heavy (non-hydrogen) atoms. The first-order valence-corrected chi connectivity index (χ1v) is 16.6. The predicted octanol–water partition coefficient (Wildman–Crippen LogP) is 9.23. The van der Waals surface area contributed by atoms with Crippen molar-refractivity contribution in [1.29, 1.82) is 0 Å². The third-order valence-corrected chi connectivity index (χ3v) is 12.1. The Labute approximate surface area is 260 Å². The Morgan fingerprint density at radius 1 is 0.622 bits per heavy atom. The lowest BCUT2D eigenvalue weighted by Gasteiger charge is -2.50. The number of aromatic nitrogens is 3. The summed E-state index contributed by atoms with van der Waals surface area (Å²) in [4.78, 5) is 0. The molecular formula is C42H30N3+. The van der Waals surface area contributed by atoms with Gasteiger partial charge < -0.3 is 4.57 Å². The summed E-state index contributed by atoms with van der Waals surface area (Å²) in [6.45, 7) is 0. The van der Waals surface area contributed by atoms with E-state index in [4.69, 9.17) is 0 Å². The van der Waals surface area contributed by atoms with E-state index in [0.717, 1.165) is 0 Å². The van der Waals surface area contributed by atoms with Gasteiger partial charge in [0, 0.05) is 33.2 Å². The van der Waals surface area contributed by atoms with Crippen molar-refractivity contribution in [2.75, 3.05) is 0 Å². The van der Waals surface area contributed by atoms with E-state index in [1.807, 2.05) is 0 Å². The summed E-state index contributed by atoms with van der Waals surface area (Å²) in [5.74, 6) is 1.21. The van der Waals surface area contributed by atoms with Crippen molar-refractivity contribution in [2.24, 2.45) is 11.8 Å². The molecule has 8 aromatic rings. The van der Waals surface area contributed by atoms with Gasteiger partial charge in [0.1, 0.15) is 5.52 Å². The number of benzene rings is 5. The fourth-order valence-corrected chi connectivity index (χ4v) is 10.7. The van der Waals surface area contributed by atoms with Gasteiger partial charge in [0.05, 0.1) is 33.9 Å². The highest BCUT2D eigenvalue weighted by Crippen LogP contribution is 2.62. The smallest absolute Gasteiger partial charge is 0.296 e. The monoisotopic (exact) mass is 576 g/mol. The SMILES string of the molecule is c1ccc(-c2ccc3c4c2-n2c5ccccc5c5ccc[n+](c52)C42c4c(ccc5c6ccccc6n-3c45)CC3CCCC32)cc1. The lowest BCUT2D eigenvalue weighted by molar-refractivity contribution is -0.734. The topological polar surface area (TPSA) is 13.7 Å². The molecule has 4 aliphatic rings. The molecule has 3 atom stereocenters.